The van der Waals surface area contributed by atoms with Crippen LogP contribution in [-0.4, -0.2) is 18.8 Å². The van der Waals surface area contributed by atoms with E-state index in [1.54, 1.807) is 12.2 Å². The number of nitrogens with zero attached hydrogens (tertiary/aromatic N) is 1. The van der Waals surface area contributed by atoms with Gasteiger partial charge in [0.1, 0.15) is 0 Å². The first-order valence-electron chi connectivity index (χ1n) is 1.85. The van der Waals surface area contributed by atoms with Gasteiger partial charge in [-0.3, -0.25) is 0 Å². The molecular weight excluding hydrogens is 71.7 g/mol. The summed E-state index contributed by atoms with van der Waals surface area (Å²) < 4.78 is 0. The van der Waals surface area contributed by atoms with E-state index in [1.807, 2.05) is 19.7 Å². The first-order valence-corrected chi connectivity index (χ1v) is 1.85. The summed E-state index contributed by atoms with van der Waals surface area (Å²) in [4.78, 5) is 3.78. The van der Waals surface area contributed by atoms with Gasteiger partial charge in [-0.05, 0) is 0 Å². The number of hydrogen-bond donors (Lipinski definition) is 0. The Labute approximate surface area is 37.9 Å². The van der Waals surface area contributed by atoms with Crippen LogP contribution in [0.3, 0.4) is 0 Å². The fourth-order valence-electron chi connectivity index (χ4n) is 0.313. The molecule has 0 atom stereocenters. The van der Waals surface area contributed by atoms with Gasteiger partial charge >= 0.3 is 36.8 Å². The van der Waals surface area contributed by atoms with Crippen molar-refractivity contribution in [1.29, 1.82) is 0 Å². The van der Waals surface area contributed by atoms with E-state index in [-0.39, 0.29) is 0 Å². The topological polar surface area (TPSA) is 12.9 Å². The fraction of sp³-hybridized carbons (Fsp3) is 0. The molecule has 0 unspecified atom stereocenters. The van der Waals surface area contributed by atoms with E-state index in [4.69, 9.17) is 0 Å². The molecule has 26 valence electrons. The Morgan fingerprint density at radius 2 is 1.83 bits per heavy atom. The second-order valence-electron chi connectivity index (χ2n) is 1.02. The molecule has 0 aliphatic heterocycles. The number of aromatic nitrogens is 1. The van der Waals surface area contributed by atoms with E-state index < -0.39 is 0 Å². The molecule has 0 aromatic carbocycles. The second kappa shape index (κ2) is 1.85. The first-order chi connectivity index (χ1) is 3.00. The second-order valence-corrected chi connectivity index (χ2v) is 1.02. The summed E-state index contributed by atoms with van der Waals surface area (Å²) >= 11 is 0. The predicted octanol–water partition coefficient (Wildman–Crippen LogP) is -0.242. The van der Waals surface area contributed by atoms with Gasteiger partial charge in [-0.1, -0.05) is 0 Å². The molecule has 0 radical (unpaired) electrons. The van der Waals surface area contributed by atoms with E-state index in [9.17, 15) is 0 Å². The van der Waals surface area contributed by atoms with Crippen molar-refractivity contribution in [3.63, 3.8) is 0 Å². The van der Waals surface area contributed by atoms with E-state index in [2.05, 4.69) is 4.98 Å². The quantitative estimate of drug-likeness (QED) is 0.414. The van der Waals surface area contributed by atoms with Gasteiger partial charge in [-0.25, -0.2) is 0 Å². The van der Waals surface area contributed by atoms with Gasteiger partial charge in [0.25, 0.3) is 0 Å². The monoisotopic (exact) mass is 75.0 g/mol. The van der Waals surface area contributed by atoms with Crippen LogP contribution in [0.5, 0.6) is 0 Å². The van der Waals surface area contributed by atoms with Crippen LogP contribution in [0.2, 0.25) is 0 Å². The van der Waals surface area contributed by atoms with Crippen molar-refractivity contribution in [2.75, 3.05) is 0 Å². The van der Waals surface area contributed by atoms with E-state index in [1.165, 1.54) is 0 Å². The molecular formula is C3H3B2N. The standard InChI is InChI=1S/C3H3B2N/c1-4-2-6-3-5-1/h1-3H. The zero-order chi connectivity index (χ0) is 4.24. The molecule has 0 spiro atoms. The molecule has 1 aromatic rings. The predicted molar refractivity (Wildman–Crippen MR) is 26.9 cm³/mol. The maximum absolute atomic E-state index is 3.78. The molecule has 0 aliphatic rings. The Bertz CT molecular complexity index is 80.7. The summed E-state index contributed by atoms with van der Waals surface area (Å²) in [5.41, 5.74) is 0. The van der Waals surface area contributed by atoms with E-state index in [0.717, 1.165) is 0 Å². The Hall–Kier alpha value is -0.460. The molecule has 1 rings (SSSR count). The number of rotatable bonds is 0. The maximum atomic E-state index is 3.78. The normalized spacial score (nSPS) is 6.67. The van der Waals surface area contributed by atoms with Crippen LogP contribution >= 0.6 is 0 Å². The van der Waals surface area contributed by atoms with Crippen molar-refractivity contribution < 1.29 is 0 Å². The molecule has 0 saturated heterocycles. The summed E-state index contributed by atoms with van der Waals surface area (Å²) in [5.74, 6) is 1.94. The molecule has 6 heavy (non-hydrogen) atoms. The first kappa shape index (κ1) is 3.72. The zero-order valence-electron chi connectivity index (χ0n) is 3.33. The molecule has 0 fully saturated rings. The van der Waals surface area contributed by atoms with Gasteiger partial charge < -0.3 is 0 Å². The van der Waals surface area contributed by atoms with Gasteiger partial charge in [0.05, 0.1) is 0 Å². The molecule has 3 heteroatoms. The van der Waals surface area contributed by atoms with Gasteiger partial charge in [0.2, 0.25) is 0 Å². The van der Waals surface area contributed by atoms with Crippen molar-refractivity contribution in [2.45, 2.75) is 0 Å². The Balaban J connectivity index is 3.00. The summed E-state index contributed by atoms with van der Waals surface area (Å²) in [5, 5.41) is 0. The summed E-state index contributed by atoms with van der Waals surface area (Å²) in [6.45, 7) is 3.78. The van der Waals surface area contributed by atoms with Gasteiger partial charge in [0, 0.05) is 0 Å². The molecule has 0 N–H and O–H groups in total. The van der Waals surface area contributed by atoms with Crippen LogP contribution in [0.4, 0.5) is 0 Å². The van der Waals surface area contributed by atoms with Crippen LogP contribution in [-0.2, 0) is 0 Å². The minimum atomic E-state index is 1.75. The van der Waals surface area contributed by atoms with Crippen molar-refractivity contribution >= 4 is 13.8 Å². The van der Waals surface area contributed by atoms with Crippen molar-refractivity contribution in [3.05, 3.63) is 18.0 Å². The zero-order valence-corrected chi connectivity index (χ0v) is 3.33. The SMILES string of the molecule is b1cbcnc1. The molecule has 0 saturated carbocycles. The third kappa shape index (κ3) is 0.744. The molecule has 1 aromatic heterocycles. The van der Waals surface area contributed by atoms with Crippen molar-refractivity contribution in [3.8, 4) is 0 Å². The van der Waals surface area contributed by atoms with Crippen molar-refractivity contribution in [2.24, 2.45) is 0 Å². The Morgan fingerprint density at radius 1 is 1.17 bits per heavy atom. The summed E-state index contributed by atoms with van der Waals surface area (Å²) in [6, 6.07) is 0. The van der Waals surface area contributed by atoms with E-state index >= 15 is 0 Å². The third-order valence-corrected chi connectivity index (χ3v) is 0.566. The third-order valence-electron chi connectivity index (χ3n) is 0.566. The minimum absolute atomic E-state index is 1.75. The summed E-state index contributed by atoms with van der Waals surface area (Å²) in [7, 11) is 0. The van der Waals surface area contributed by atoms with Gasteiger partial charge in [-0.2, -0.15) is 0 Å². The number of hydrogen-bond acceptors (Lipinski definition) is 1. The van der Waals surface area contributed by atoms with Gasteiger partial charge in [0.15, 0.2) is 0 Å². The van der Waals surface area contributed by atoms with Crippen LogP contribution in [0, 0.1) is 0 Å². The molecule has 0 aliphatic carbocycles. The van der Waals surface area contributed by atoms with Gasteiger partial charge in [-0.15, -0.1) is 0 Å². The van der Waals surface area contributed by atoms with Crippen LogP contribution in [0.25, 0.3) is 0 Å². The van der Waals surface area contributed by atoms with Crippen LogP contribution in [0.1, 0.15) is 0 Å². The fourth-order valence-corrected chi connectivity index (χ4v) is 0.313. The van der Waals surface area contributed by atoms with Crippen LogP contribution in [0.15, 0.2) is 18.0 Å². The molecule has 0 amide bonds. The average Bonchev–Trinajstić information content (AvgIpc) is 1.72. The van der Waals surface area contributed by atoms with Crippen LogP contribution < -0.4 is 0 Å². The Morgan fingerprint density at radius 3 is 2.00 bits per heavy atom. The van der Waals surface area contributed by atoms with E-state index in [0.29, 0.717) is 0 Å². The molecule has 1 heterocycles. The van der Waals surface area contributed by atoms with Crippen molar-refractivity contribution in [1.82, 2.24) is 4.98 Å². The average molecular weight is 74.7 g/mol. The summed E-state index contributed by atoms with van der Waals surface area (Å²) in [6.07, 6.45) is 3.50. The molecule has 0 bridgehead atoms. The molecule has 1 nitrogen and oxygen atoms in total. The Kier molecular flexibility index (Phi) is 1.15.